The second-order valence-electron chi connectivity index (χ2n) is 6.64. The normalized spacial score (nSPS) is 11.0. The molecule has 9 heteroatoms. The predicted molar refractivity (Wildman–Crippen MR) is 110 cm³/mol. The summed E-state index contributed by atoms with van der Waals surface area (Å²) in [5.41, 5.74) is 2.10. The summed E-state index contributed by atoms with van der Waals surface area (Å²) in [4.78, 5) is 45.8. The van der Waals surface area contributed by atoms with Gasteiger partial charge in [0.2, 0.25) is 5.91 Å². The summed E-state index contributed by atoms with van der Waals surface area (Å²) in [5.74, 6) is 0.295. The lowest BCUT2D eigenvalue weighted by atomic mass is 10.1. The highest BCUT2D eigenvalue weighted by atomic mass is 32.2. The van der Waals surface area contributed by atoms with Gasteiger partial charge < -0.3 is 5.32 Å². The molecule has 1 N–H and O–H groups in total. The average molecular weight is 399 g/mol. The Morgan fingerprint density at radius 1 is 1.11 bits per heavy atom. The van der Waals surface area contributed by atoms with E-state index in [0.717, 1.165) is 33.1 Å². The Hall–Kier alpha value is -2.94. The summed E-state index contributed by atoms with van der Waals surface area (Å²) in [7, 11) is 2.96. The van der Waals surface area contributed by atoms with Crippen LogP contribution in [0.25, 0.3) is 11.0 Å². The lowest BCUT2D eigenvalue weighted by Gasteiger charge is -2.11. The minimum atomic E-state index is -0.476. The van der Waals surface area contributed by atoms with Crippen LogP contribution in [-0.4, -0.2) is 30.8 Å². The number of fused-ring (bicyclic) bond motifs is 1. The van der Waals surface area contributed by atoms with Gasteiger partial charge in [-0.1, -0.05) is 23.9 Å². The van der Waals surface area contributed by atoms with Crippen LogP contribution < -0.4 is 16.6 Å². The van der Waals surface area contributed by atoms with Crippen LogP contribution in [0.1, 0.15) is 17.0 Å². The number of carbonyl (C=O) groups is 1. The maximum absolute atomic E-state index is 12.6. The Balaban J connectivity index is 1.92. The Bertz CT molecular complexity index is 1210. The number of hydrogen-bond donors (Lipinski definition) is 1. The van der Waals surface area contributed by atoms with Crippen molar-refractivity contribution in [1.29, 1.82) is 0 Å². The molecule has 0 saturated carbocycles. The molecule has 0 bridgehead atoms. The van der Waals surface area contributed by atoms with Crippen LogP contribution in [0.5, 0.6) is 0 Å². The first kappa shape index (κ1) is 19.8. The number of thioether (sulfide) groups is 1. The monoisotopic (exact) mass is 399 g/mol. The lowest BCUT2D eigenvalue weighted by molar-refractivity contribution is -0.113. The molecular formula is C19H21N5O3S. The molecule has 0 radical (unpaired) electrons. The summed E-state index contributed by atoms with van der Waals surface area (Å²) >= 11 is 1.15. The van der Waals surface area contributed by atoms with Gasteiger partial charge in [0.05, 0.1) is 5.75 Å². The van der Waals surface area contributed by atoms with Crippen molar-refractivity contribution in [1.82, 2.24) is 19.1 Å². The van der Waals surface area contributed by atoms with Crippen molar-refractivity contribution < 1.29 is 4.79 Å². The summed E-state index contributed by atoms with van der Waals surface area (Å²) < 4.78 is 2.33. The second-order valence-corrected chi connectivity index (χ2v) is 7.60. The molecular weight excluding hydrogens is 378 g/mol. The molecule has 3 rings (SSSR count). The molecule has 0 atom stereocenters. The maximum Gasteiger partial charge on any atom is 0.332 e. The third kappa shape index (κ3) is 3.70. The summed E-state index contributed by atoms with van der Waals surface area (Å²) in [5, 5.41) is 3.51. The van der Waals surface area contributed by atoms with E-state index < -0.39 is 11.2 Å². The zero-order valence-corrected chi connectivity index (χ0v) is 17.2. The first-order valence-corrected chi connectivity index (χ1v) is 9.62. The first-order chi connectivity index (χ1) is 13.2. The van der Waals surface area contributed by atoms with Gasteiger partial charge in [0, 0.05) is 19.8 Å². The highest BCUT2D eigenvalue weighted by Gasteiger charge is 2.17. The van der Waals surface area contributed by atoms with E-state index in [4.69, 9.17) is 0 Å². The minimum Gasteiger partial charge on any atom is -0.325 e. The van der Waals surface area contributed by atoms with E-state index in [-0.39, 0.29) is 22.7 Å². The van der Waals surface area contributed by atoms with Crippen molar-refractivity contribution in [3.8, 4) is 0 Å². The van der Waals surface area contributed by atoms with Crippen molar-refractivity contribution in [2.45, 2.75) is 25.8 Å². The Kier molecular flexibility index (Phi) is 5.37. The number of aryl methyl sites for hydroxylation is 4. The van der Waals surface area contributed by atoms with Crippen LogP contribution in [0.3, 0.4) is 0 Å². The molecule has 3 aromatic rings. The molecule has 0 fully saturated rings. The van der Waals surface area contributed by atoms with Gasteiger partial charge in [-0.05, 0) is 38.0 Å². The zero-order chi connectivity index (χ0) is 20.6. The molecule has 0 aliphatic carbocycles. The number of amides is 1. The third-order valence-electron chi connectivity index (χ3n) is 4.39. The fourth-order valence-corrected chi connectivity index (χ4v) is 3.69. The van der Waals surface area contributed by atoms with Gasteiger partial charge in [0.15, 0.2) is 5.65 Å². The minimum absolute atomic E-state index is 0.0743. The van der Waals surface area contributed by atoms with Crippen molar-refractivity contribution in [2.75, 3.05) is 11.1 Å². The predicted octanol–water partition coefficient (Wildman–Crippen LogP) is 1.68. The molecule has 1 aromatic carbocycles. The molecule has 0 unspecified atom stereocenters. The molecule has 8 nitrogen and oxygen atoms in total. The first-order valence-electron chi connectivity index (χ1n) is 8.63. The molecule has 1 amide bonds. The molecule has 28 heavy (non-hydrogen) atoms. The number of hydrogen-bond acceptors (Lipinski definition) is 6. The molecule has 0 aliphatic heterocycles. The molecule has 0 saturated heterocycles. The van der Waals surface area contributed by atoms with Gasteiger partial charge >= 0.3 is 5.69 Å². The highest BCUT2D eigenvalue weighted by molar-refractivity contribution is 8.00. The van der Waals surface area contributed by atoms with Crippen molar-refractivity contribution in [3.63, 3.8) is 0 Å². The Morgan fingerprint density at radius 3 is 2.54 bits per heavy atom. The van der Waals surface area contributed by atoms with Gasteiger partial charge in [-0.3, -0.25) is 18.7 Å². The standard InChI is InChI=1S/C19H21N5O3S/c1-10-6-7-11(2)13(8-10)22-14(25)9-28-17-15-16(20-12(3)21-17)23(4)19(27)24(5)18(15)26/h6-8H,9H2,1-5H3,(H,22,25). The van der Waals surface area contributed by atoms with E-state index in [9.17, 15) is 14.4 Å². The molecule has 0 spiro atoms. The molecule has 146 valence electrons. The SMILES string of the molecule is Cc1ccc(C)c(NC(=O)CSc2nc(C)nc3c2c(=O)n(C)c(=O)n3C)c1. The lowest BCUT2D eigenvalue weighted by Crippen LogP contribution is -2.37. The topological polar surface area (TPSA) is 98.9 Å². The van der Waals surface area contributed by atoms with Crippen LogP contribution in [0.4, 0.5) is 5.69 Å². The smallest absolute Gasteiger partial charge is 0.325 e. The maximum atomic E-state index is 12.6. The van der Waals surface area contributed by atoms with E-state index >= 15 is 0 Å². The summed E-state index contributed by atoms with van der Waals surface area (Å²) in [6, 6.07) is 5.84. The molecule has 2 heterocycles. The Labute approximate surface area is 165 Å². The number of nitrogens with zero attached hydrogens (tertiary/aromatic N) is 4. The van der Waals surface area contributed by atoms with E-state index in [1.165, 1.54) is 11.6 Å². The Morgan fingerprint density at radius 2 is 1.82 bits per heavy atom. The number of benzene rings is 1. The zero-order valence-electron chi connectivity index (χ0n) is 16.4. The van der Waals surface area contributed by atoms with E-state index in [0.29, 0.717) is 10.9 Å². The fourth-order valence-electron chi connectivity index (χ4n) is 2.83. The number of aromatic nitrogens is 4. The van der Waals surface area contributed by atoms with Crippen LogP contribution in [0.15, 0.2) is 32.8 Å². The molecule has 0 aliphatic rings. The summed E-state index contributed by atoms with van der Waals surface area (Å²) in [6.45, 7) is 5.56. The van der Waals surface area contributed by atoms with Crippen molar-refractivity contribution in [3.05, 3.63) is 56.0 Å². The fraction of sp³-hybridized carbons (Fsp3) is 0.316. The third-order valence-corrected chi connectivity index (χ3v) is 5.36. The van der Waals surface area contributed by atoms with Gasteiger partial charge in [0.1, 0.15) is 16.2 Å². The quantitative estimate of drug-likeness (QED) is 0.529. The van der Waals surface area contributed by atoms with E-state index in [1.54, 1.807) is 14.0 Å². The van der Waals surface area contributed by atoms with Gasteiger partial charge in [-0.25, -0.2) is 14.8 Å². The molecule has 2 aromatic heterocycles. The van der Waals surface area contributed by atoms with E-state index in [1.807, 2.05) is 32.0 Å². The second kappa shape index (κ2) is 7.59. The average Bonchev–Trinajstić information content (AvgIpc) is 2.65. The number of anilines is 1. The number of rotatable bonds is 4. The van der Waals surface area contributed by atoms with Crippen LogP contribution in [0.2, 0.25) is 0 Å². The van der Waals surface area contributed by atoms with Gasteiger partial charge in [0.25, 0.3) is 5.56 Å². The summed E-state index contributed by atoms with van der Waals surface area (Å²) in [6.07, 6.45) is 0. The van der Waals surface area contributed by atoms with Crippen LogP contribution in [0, 0.1) is 20.8 Å². The van der Waals surface area contributed by atoms with Crippen LogP contribution in [-0.2, 0) is 18.9 Å². The number of carbonyl (C=O) groups excluding carboxylic acids is 1. The van der Waals surface area contributed by atoms with Gasteiger partial charge in [-0.2, -0.15) is 0 Å². The van der Waals surface area contributed by atoms with Crippen molar-refractivity contribution in [2.24, 2.45) is 14.1 Å². The highest BCUT2D eigenvalue weighted by Crippen LogP contribution is 2.23. The number of nitrogens with one attached hydrogen (secondary N) is 1. The largest absolute Gasteiger partial charge is 0.332 e. The van der Waals surface area contributed by atoms with E-state index in [2.05, 4.69) is 15.3 Å². The van der Waals surface area contributed by atoms with Gasteiger partial charge in [-0.15, -0.1) is 0 Å². The van der Waals surface area contributed by atoms with Crippen LogP contribution >= 0.6 is 11.8 Å². The van der Waals surface area contributed by atoms with Crippen molar-refractivity contribution >= 4 is 34.4 Å².